The van der Waals surface area contributed by atoms with E-state index in [0.29, 0.717) is 42.5 Å². The molecular formula is C20H28N6O3. The van der Waals surface area contributed by atoms with E-state index >= 15 is 0 Å². The number of nitrogens with zero attached hydrogens (tertiary/aromatic N) is 4. The van der Waals surface area contributed by atoms with Gasteiger partial charge in [0.1, 0.15) is 0 Å². The average Bonchev–Trinajstić information content (AvgIpc) is 2.68. The van der Waals surface area contributed by atoms with Crippen LogP contribution in [0.5, 0.6) is 0 Å². The number of nitrogens with one attached hydrogen (secondary N) is 1. The van der Waals surface area contributed by atoms with Crippen LogP contribution in [0, 0.1) is 6.92 Å². The highest BCUT2D eigenvalue weighted by Gasteiger charge is 2.27. The number of carbonyl (C=O) groups excluding carboxylic acids is 1. The Morgan fingerprint density at radius 2 is 2.03 bits per heavy atom. The van der Waals surface area contributed by atoms with E-state index in [1.807, 2.05) is 0 Å². The van der Waals surface area contributed by atoms with E-state index in [4.69, 9.17) is 10.5 Å². The Morgan fingerprint density at radius 3 is 2.66 bits per heavy atom. The van der Waals surface area contributed by atoms with Gasteiger partial charge in [-0.05, 0) is 46.0 Å². The third-order valence-electron chi connectivity index (χ3n) is 6.02. The molecule has 156 valence electrons. The van der Waals surface area contributed by atoms with Crippen molar-refractivity contribution < 1.29 is 9.53 Å². The highest BCUT2D eigenvalue weighted by molar-refractivity contribution is 5.89. The number of pyridine rings is 1. The fourth-order valence-corrected chi connectivity index (χ4v) is 4.00. The Morgan fingerprint density at radius 1 is 1.31 bits per heavy atom. The number of aromatic nitrogens is 3. The van der Waals surface area contributed by atoms with Gasteiger partial charge < -0.3 is 20.7 Å². The monoisotopic (exact) mass is 400 g/mol. The Balaban J connectivity index is 1.56. The SMILES string of the molecule is CCOC(=O)N1CCC(Nc2ncc3c(N)c(C)c(=O)n(C4CCC4)c3n2)CC1. The molecule has 4 rings (SSSR count). The van der Waals surface area contributed by atoms with Gasteiger partial charge in [0.2, 0.25) is 5.95 Å². The van der Waals surface area contributed by atoms with Crippen molar-refractivity contribution in [1.82, 2.24) is 19.4 Å². The number of likely N-dealkylation sites (tertiary alicyclic amines) is 1. The summed E-state index contributed by atoms with van der Waals surface area (Å²) < 4.78 is 6.86. The van der Waals surface area contributed by atoms with Crippen LogP contribution in [0.1, 0.15) is 50.6 Å². The zero-order chi connectivity index (χ0) is 20.5. The van der Waals surface area contributed by atoms with E-state index in [1.54, 1.807) is 29.5 Å². The second-order valence-corrected chi connectivity index (χ2v) is 7.83. The number of hydrogen-bond donors (Lipinski definition) is 2. The Kier molecular flexibility index (Phi) is 5.29. The second-order valence-electron chi connectivity index (χ2n) is 7.83. The van der Waals surface area contributed by atoms with Gasteiger partial charge in [-0.15, -0.1) is 0 Å². The highest BCUT2D eigenvalue weighted by atomic mass is 16.6. The van der Waals surface area contributed by atoms with Crippen LogP contribution in [0.15, 0.2) is 11.0 Å². The van der Waals surface area contributed by atoms with Crippen molar-refractivity contribution in [3.63, 3.8) is 0 Å². The topological polar surface area (TPSA) is 115 Å². The van der Waals surface area contributed by atoms with Gasteiger partial charge in [0.15, 0.2) is 5.65 Å². The lowest BCUT2D eigenvalue weighted by Crippen LogP contribution is -2.42. The summed E-state index contributed by atoms with van der Waals surface area (Å²) in [6.45, 7) is 5.20. The molecule has 9 heteroatoms. The molecule has 3 N–H and O–H groups in total. The number of carbonyl (C=O) groups is 1. The lowest BCUT2D eigenvalue weighted by molar-refractivity contribution is 0.0983. The fraction of sp³-hybridized carbons (Fsp3) is 0.600. The number of fused-ring (bicyclic) bond motifs is 1. The first-order valence-electron chi connectivity index (χ1n) is 10.3. The molecule has 0 aromatic carbocycles. The third kappa shape index (κ3) is 3.61. The van der Waals surface area contributed by atoms with Crippen molar-refractivity contribution in [1.29, 1.82) is 0 Å². The van der Waals surface area contributed by atoms with Crippen LogP contribution in [-0.4, -0.2) is 51.3 Å². The number of hydrogen-bond acceptors (Lipinski definition) is 7. The molecule has 9 nitrogen and oxygen atoms in total. The van der Waals surface area contributed by atoms with Crippen molar-refractivity contribution >= 4 is 28.8 Å². The standard InChI is InChI=1S/C20H28N6O3/c1-3-29-20(28)25-9-7-13(8-10-25)23-19-22-11-15-16(21)12(2)18(27)26(17(15)24-19)14-5-4-6-14/h11,13-14H,3-10,21H2,1-2H3,(H,22,23,24). The Bertz CT molecular complexity index is 976. The van der Waals surface area contributed by atoms with Gasteiger partial charge in [-0.2, -0.15) is 4.98 Å². The molecule has 1 aliphatic carbocycles. The van der Waals surface area contributed by atoms with Crippen molar-refractivity contribution in [2.75, 3.05) is 30.7 Å². The van der Waals surface area contributed by atoms with E-state index in [9.17, 15) is 9.59 Å². The van der Waals surface area contributed by atoms with Gasteiger partial charge in [0.05, 0.1) is 17.7 Å². The van der Waals surface area contributed by atoms with Gasteiger partial charge in [0.25, 0.3) is 5.56 Å². The first-order valence-corrected chi connectivity index (χ1v) is 10.3. The summed E-state index contributed by atoms with van der Waals surface area (Å²) in [4.78, 5) is 35.5. The van der Waals surface area contributed by atoms with E-state index in [1.165, 1.54) is 0 Å². The van der Waals surface area contributed by atoms with Crippen LogP contribution in [0.25, 0.3) is 11.0 Å². The van der Waals surface area contributed by atoms with Gasteiger partial charge in [-0.3, -0.25) is 9.36 Å². The predicted molar refractivity (Wildman–Crippen MR) is 111 cm³/mol. The molecule has 2 aromatic rings. The maximum Gasteiger partial charge on any atom is 0.409 e. The molecule has 0 atom stereocenters. The largest absolute Gasteiger partial charge is 0.450 e. The number of nitrogen functional groups attached to an aromatic ring is 1. The quantitative estimate of drug-likeness (QED) is 0.810. The normalized spacial score (nSPS) is 17.9. The zero-order valence-corrected chi connectivity index (χ0v) is 17.0. The Hall–Kier alpha value is -2.84. The fourth-order valence-electron chi connectivity index (χ4n) is 4.00. The molecule has 29 heavy (non-hydrogen) atoms. The molecule has 0 radical (unpaired) electrons. The van der Waals surface area contributed by atoms with E-state index < -0.39 is 0 Å². The number of anilines is 2. The molecule has 1 amide bonds. The van der Waals surface area contributed by atoms with Crippen LogP contribution in [0.4, 0.5) is 16.4 Å². The molecule has 1 aliphatic heterocycles. The van der Waals surface area contributed by atoms with Crippen LogP contribution in [0.2, 0.25) is 0 Å². The average molecular weight is 400 g/mol. The first-order chi connectivity index (χ1) is 14.0. The molecule has 0 unspecified atom stereocenters. The lowest BCUT2D eigenvalue weighted by atomic mass is 9.92. The van der Waals surface area contributed by atoms with Crippen LogP contribution < -0.4 is 16.6 Å². The Labute approximate surface area is 169 Å². The van der Waals surface area contributed by atoms with Crippen molar-refractivity contribution in [3.8, 4) is 0 Å². The molecular weight excluding hydrogens is 372 g/mol. The molecule has 1 saturated heterocycles. The second kappa shape index (κ2) is 7.88. The molecule has 2 aromatic heterocycles. The summed E-state index contributed by atoms with van der Waals surface area (Å²) in [5.41, 5.74) is 7.73. The van der Waals surface area contributed by atoms with Crippen LogP contribution >= 0.6 is 0 Å². The smallest absolute Gasteiger partial charge is 0.409 e. The van der Waals surface area contributed by atoms with Crippen molar-refractivity contribution in [2.24, 2.45) is 0 Å². The number of ether oxygens (including phenoxy) is 1. The zero-order valence-electron chi connectivity index (χ0n) is 17.0. The van der Waals surface area contributed by atoms with Gasteiger partial charge in [-0.1, -0.05) is 0 Å². The molecule has 2 aliphatic rings. The number of piperidine rings is 1. The molecule has 1 saturated carbocycles. The van der Waals surface area contributed by atoms with E-state index in [0.717, 1.165) is 37.5 Å². The third-order valence-corrected chi connectivity index (χ3v) is 6.02. The molecule has 0 bridgehead atoms. The van der Waals surface area contributed by atoms with E-state index in [-0.39, 0.29) is 23.7 Å². The lowest BCUT2D eigenvalue weighted by Gasteiger charge is -2.32. The van der Waals surface area contributed by atoms with Crippen molar-refractivity contribution in [3.05, 3.63) is 22.1 Å². The maximum absolute atomic E-state index is 12.8. The minimum atomic E-state index is -0.261. The summed E-state index contributed by atoms with van der Waals surface area (Å²) in [7, 11) is 0. The molecule has 3 heterocycles. The van der Waals surface area contributed by atoms with E-state index in [2.05, 4.69) is 15.3 Å². The van der Waals surface area contributed by atoms with Crippen molar-refractivity contribution in [2.45, 2.75) is 58.0 Å². The predicted octanol–water partition coefficient (Wildman–Crippen LogP) is 2.44. The van der Waals surface area contributed by atoms with Crippen LogP contribution in [0.3, 0.4) is 0 Å². The van der Waals surface area contributed by atoms with Gasteiger partial charge >= 0.3 is 6.09 Å². The minimum Gasteiger partial charge on any atom is -0.450 e. The summed E-state index contributed by atoms with van der Waals surface area (Å²) in [6.07, 6.45) is 6.10. The summed E-state index contributed by atoms with van der Waals surface area (Å²) in [5, 5.41) is 4.08. The highest BCUT2D eigenvalue weighted by Crippen LogP contribution is 2.34. The molecule has 2 fully saturated rings. The first kappa shape index (κ1) is 19.5. The van der Waals surface area contributed by atoms with Gasteiger partial charge in [-0.25, -0.2) is 9.78 Å². The maximum atomic E-state index is 12.8. The number of nitrogens with two attached hydrogens (primary N) is 1. The van der Waals surface area contributed by atoms with Crippen LogP contribution in [-0.2, 0) is 4.74 Å². The van der Waals surface area contributed by atoms with Gasteiger partial charge in [0, 0.05) is 36.9 Å². The number of amides is 1. The summed E-state index contributed by atoms with van der Waals surface area (Å²) in [6, 6.07) is 0.338. The summed E-state index contributed by atoms with van der Waals surface area (Å²) in [5.74, 6) is 0.489. The molecule has 0 spiro atoms. The number of rotatable bonds is 4. The summed E-state index contributed by atoms with van der Waals surface area (Å²) >= 11 is 0. The minimum absolute atomic E-state index is 0.0629.